The van der Waals surface area contributed by atoms with Gasteiger partial charge in [-0.2, -0.15) is 0 Å². The third kappa shape index (κ3) is 2.92. The molecule has 0 saturated carbocycles. The summed E-state index contributed by atoms with van der Waals surface area (Å²) in [4.78, 5) is 11.4. The average molecular weight is 282 g/mol. The number of hydrogen-bond donors (Lipinski definition) is 0. The molecule has 0 fully saturated rings. The van der Waals surface area contributed by atoms with Crippen molar-refractivity contribution in [1.82, 2.24) is 0 Å². The second kappa shape index (κ2) is 6.00. The van der Waals surface area contributed by atoms with Crippen molar-refractivity contribution in [2.45, 2.75) is 32.6 Å². The molecule has 3 nitrogen and oxygen atoms in total. The second-order valence-corrected chi connectivity index (χ2v) is 5.23. The molecular formula is C18H18O3. The highest BCUT2D eigenvalue weighted by molar-refractivity contribution is 5.86. The monoisotopic (exact) mass is 282 g/mol. The molecule has 0 unspecified atom stereocenters. The quantitative estimate of drug-likeness (QED) is 0.632. The number of benzene rings is 2. The van der Waals surface area contributed by atoms with E-state index in [0.29, 0.717) is 11.5 Å². The molecule has 0 saturated heterocycles. The van der Waals surface area contributed by atoms with E-state index in [2.05, 4.69) is 13.0 Å². The fraction of sp³-hybridized carbons (Fsp3) is 0.278. The van der Waals surface area contributed by atoms with Gasteiger partial charge in [0.2, 0.25) is 0 Å². The summed E-state index contributed by atoms with van der Waals surface area (Å²) in [5.74, 6) is 0.607. The van der Waals surface area contributed by atoms with Crippen LogP contribution in [0.5, 0.6) is 0 Å². The van der Waals surface area contributed by atoms with Gasteiger partial charge >= 0.3 is 5.82 Å². The predicted molar refractivity (Wildman–Crippen MR) is 83.4 cm³/mol. The maximum Gasteiger partial charge on any atom is 0.519 e. The molecule has 2 aromatic carbocycles. The molecule has 0 aliphatic heterocycles. The van der Waals surface area contributed by atoms with Gasteiger partial charge in [0.25, 0.3) is 0 Å². The first-order valence-electron chi connectivity index (χ1n) is 7.40. The Hall–Kier alpha value is -2.29. The molecule has 0 aliphatic carbocycles. The Balaban J connectivity index is 1.99. The zero-order valence-electron chi connectivity index (χ0n) is 12.1. The first kappa shape index (κ1) is 13.7. The van der Waals surface area contributed by atoms with E-state index < -0.39 is 5.82 Å². The number of hydrogen-bond acceptors (Lipinski definition) is 3. The third-order valence-electron chi connectivity index (χ3n) is 3.66. The van der Waals surface area contributed by atoms with Crippen molar-refractivity contribution in [1.29, 1.82) is 0 Å². The number of aryl methyl sites for hydroxylation is 1. The van der Waals surface area contributed by atoms with Gasteiger partial charge in [0.15, 0.2) is 11.5 Å². The van der Waals surface area contributed by atoms with Crippen LogP contribution < -0.4 is 5.82 Å². The zero-order chi connectivity index (χ0) is 14.7. The molecule has 0 N–H and O–H groups in total. The molecule has 0 bridgehead atoms. The van der Waals surface area contributed by atoms with E-state index in [1.807, 2.05) is 36.4 Å². The molecule has 1 heterocycles. The summed E-state index contributed by atoms with van der Waals surface area (Å²) in [7, 11) is 0. The minimum absolute atomic E-state index is 0.571. The van der Waals surface area contributed by atoms with Gasteiger partial charge in [-0.15, -0.1) is 0 Å². The Morgan fingerprint density at radius 3 is 2.57 bits per heavy atom. The highest BCUT2D eigenvalue weighted by Gasteiger charge is 2.14. The third-order valence-corrected chi connectivity index (χ3v) is 3.66. The lowest BCUT2D eigenvalue weighted by molar-refractivity contribution is 0.374. The van der Waals surface area contributed by atoms with Crippen LogP contribution in [-0.2, 0) is 6.42 Å². The predicted octanol–water partition coefficient (Wildman–Crippen LogP) is 4.79. The lowest BCUT2D eigenvalue weighted by Crippen LogP contribution is -1.88. The van der Waals surface area contributed by atoms with Gasteiger partial charge in [-0.05, 0) is 23.3 Å². The first-order chi connectivity index (χ1) is 10.3. The number of unbranched alkanes of at least 4 members (excludes halogenated alkanes) is 2. The Labute approximate surface area is 123 Å². The molecule has 0 aliphatic rings. The van der Waals surface area contributed by atoms with Crippen molar-refractivity contribution in [2.75, 3.05) is 0 Å². The minimum Gasteiger partial charge on any atom is -0.395 e. The van der Waals surface area contributed by atoms with Crippen LogP contribution in [0.4, 0.5) is 0 Å². The van der Waals surface area contributed by atoms with Crippen LogP contribution in [0.25, 0.3) is 22.1 Å². The van der Waals surface area contributed by atoms with Crippen molar-refractivity contribution in [3.63, 3.8) is 0 Å². The molecule has 0 spiro atoms. The summed E-state index contributed by atoms with van der Waals surface area (Å²) in [6.07, 6.45) is 3.99. The topological polar surface area (TPSA) is 43.4 Å². The maximum atomic E-state index is 11.4. The Morgan fingerprint density at radius 2 is 1.76 bits per heavy atom. The second-order valence-electron chi connectivity index (χ2n) is 5.23. The van der Waals surface area contributed by atoms with Crippen LogP contribution in [-0.4, -0.2) is 0 Å². The number of rotatable bonds is 5. The Kier molecular flexibility index (Phi) is 3.91. The van der Waals surface area contributed by atoms with E-state index in [9.17, 15) is 4.79 Å². The van der Waals surface area contributed by atoms with Crippen molar-refractivity contribution < 1.29 is 8.83 Å². The van der Waals surface area contributed by atoms with Crippen molar-refractivity contribution in [3.8, 4) is 11.3 Å². The van der Waals surface area contributed by atoms with E-state index in [1.165, 1.54) is 5.39 Å². The van der Waals surface area contributed by atoms with Crippen LogP contribution in [0.15, 0.2) is 56.1 Å². The van der Waals surface area contributed by atoms with Gasteiger partial charge in [-0.25, -0.2) is 4.79 Å². The van der Waals surface area contributed by atoms with Gasteiger partial charge in [0.1, 0.15) is 0 Å². The van der Waals surface area contributed by atoms with Crippen LogP contribution in [0, 0.1) is 0 Å². The molecular weight excluding hydrogens is 264 g/mol. The van der Waals surface area contributed by atoms with Gasteiger partial charge in [-0.3, -0.25) is 0 Å². The maximum absolute atomic E-state index is 11.4. The van der Waals surface area contributed by atoms with E-state index in [1.54, 1.807) is 0 Å². The highest BCUT2D eigenvalue weighted by Crippen LogP contribution is 2.27. The van der Waals surface area contributed by atoms with Crippen LogP contribution in [0.1, 0.15) is 31.9 Å². The van der Waals surface area contributed by atoms with E-state index in [-0.39, 0.29) is 0 Å². The lowest BCUT2D eigenvalue weighted by Gasteiger charge is -2.02. The first-order valence-corrected chi connectivity index (χ1v) is 7.40. The Bertz CT molecular complexity index is 795. The smallest absolute Gasteiger partial charge is 0.395 e. The summed E-state index contributed by atoms with van der Waals surface area (Å²) in [6.45, 7) is 2.15. The molecule has 3 aromatic rings. The van der Waals surface area contributed by atoms with Gasteiger partial charge in [0.05, 0.1) is 0 Å². The van der Waals surface area contributed by atoms with E-state index in [4.69, 9.17) is 8.83 Å². The van der Waals surface area contributed by atoms with Gasteiger partial charge in [0, 0.05) is 12.0 Å². The van der Waals surface area contributed by atoms with Crippen LogP contribution in [0.2, 0.25) is 0 Å². The van der Waals surface area contributed by atoms with Crippen LogP contribution >= 0.6 is 0 Å². The fourth-order valence-corrected chi connectivity index (χ4v) is 2.56. The standard InChI is InChI=1S/C18H18O3/c1-2-3-4-9-16-17(21-18(19)20-16)15-11-10-13-7-5-6-8-14(13)12-15/h5-8,10-12H,2-4,9H2,1H3. The molecule has 0 radical (unpaired) electrons. The van der Waals surface area contributed by atoms with Gasteiger partial charge < -0.3 is 8.83 Å². The normalized spacial score (nSPS) is 11.1. The summed E-state index contributed by atoms with van der Waals surface area (Å²) in [5.41, 5.74) is 0.894. The van der Waals surface area contributed by atoms with E-state index in [0.717, 1.165) is 36.6 Å². The van der Waals surface area contributed by atoms with Crippen molar-refractivity contribution >= 4 is 10.8 Å². The summed E-state index contributed by atoms with van der Waals surface area (Å²) in [5, 5.41) is 2.29. The molecule has 0 amide bonds. The average Bonchev–Trinajstić information content (AvgIpc) is 2.88. The van der Waals surface area contributed by atoms with E-state index >= 15 is 0 Å². The Morgan fingerprint density at radius 1 is 0.952 bits per heavy atom. The zero-order valence-corrected chi connectivity index (χ0v) is 12.1. The van der Waals surface area contributed by atoms with Crippen LogP contribution in [0.3, 0.4) is 0 Å². The van der Waals surface area contributed by atoms with Gasteiger partial charge in [-0.1, -0.05) is 56.2 Å². The molecule has 3 heteroatoms. The molecule has 21 heavy (non-hydrogen) atoms. The summed E-state index contributed by atoms with van der Waals surface area (Å²) in [6, 6.07) is 14.2. The summed E-state index contributed by atoms with van der Waals surface area (Å²) < 4.78 is 10.5. The molecule has 1 aromatic heterocycles. The highest BCUT2D eigenvalue weighted by atomic mass is 16.6. The SMILES string of the molecule is CCCCCc1oc(=O)oc1-c1ccc2ccccc2c1. The molecule has 0 atom stereocenters. The lowest BCUT2D eigenvalue weighted by atomic mass is 10.0. The largest absolute Gasteiger partial charge is 0.519 e. The van der Waals surface area contributed by atoms with Crippen molar-refractivity contribution in [2.24, 2.45) is 0 Å². The molecule has 3 rings (SSSR count). The minimum atomic E-state index is -0.621. The molecule has 108 valence electrons. The number of fused-ring (bicyclic) bond motifs is 1. The van der Waals surface area contributed by atoms with Crippen molar-refractivity contribution in [3.05, 3.63) is 58.8 Å². The fourth-order valence-electron chi connectivity index (χ4n) is 2.56. The summed E-state index contributed by atoms with van der Waals surface area (Å²) >= 11 is 0.